The Bertz CT molecular complexity index is 1370. The third-order valence-corrected chi connectivity index (χ3v) is 6.94. The number of hydrogen-bond donors (Lipinski definition) is 2. The summed E-state index contributed by atoms with van der Waals surface area (Å²) in [5, 5.41) is 8.28. The van der Waals surface area contributed by atoms with E-state index in [9.17, 15) is 4.21 Å². The highest BCUT2D eigenvalue weighted by atomic mass is 32.2. The lowest BCUT2D eigenvalue weighted by atomic mass is 9.94. The summed E-state index contributed by atoms with van der Waals surface area (Å²) in [5.74, 6) is 0.851. The molecule has 9 heteroatoms. The van der Waals surface area contributed by atoms with E-state index in [2.05, 4.69) is 27.0 Å². The molecule has 1 aliphatic heterocycles. The van der Waals surface area contributed by atoms with Crippen molar-refractivity contribution in [2.45, 2.75) is 17.9 Å². The first-order chi connectivity index (χ1) is 15.4. The first-order valence-electron chi connectivity index (χ1n) is 10.4. The number of fused-ring (bicyclic) bond motifs is 1. The molecular weight excluding hydrogens is 424 g/mol. The Morgan fingerprint density at radius 2 is 1.97 bits per heavy atom. The van der Waals surface area contributed by atoms with Crippen LogP contribution in [0.1, 0.15) is 6.92 Å². The van der Waals surface area contributed by atoms with Crippen molar-refractivity contribution in [1.82, 2.24) is 20.2 Å². The minimum atomic E-state index is -2.79. The number of morpholine rings is 1. The minimum absolute atomic E-state index is 0.162. The quantitative estimate of drug-likeness (QED) is 0.489. The molecule has 8 nitrogen and oxygen atoms in total. The summed E-state index contributed by atoms with van der Waals surface area (Å²) >= 11 is 0. The average Bonchev–Trinajstić information content (AvgIpc) is 3.32. The highest BCUT2D eigenvalue weighted by Gasteiger charge is 2.27. The average molecular weight is 449 g/mol. The summed E-state index contributed by atoms with van der Waals surface area (Å²) in [5.41, 5.74) is 4.55. The van der Waals surface area contributed by atoms with Crippen LogP contribution < -0.4 is 4.90 Å². The summed E-state index contributed by atoms with van der Waals surface area (Å²) in [4.78, 5) is 12.1. The minimum Gasteiger partial charge on any atom is -0.377 e. The van der Waals surface area contributed by atoms with Crippen molar-refractivity contribution in [3.63, 3.8) is 0 Å². The fourth-order valence-corrected chi connectivity index (χ4v) is 4.84. The largest absolute Gasteiger partial charge is 0.377 e. The summed E-state index contributed by atoms with van der Waals surface area (Å²) in [7, 11) is -2.79. The maximum absolute atomic E-state index is 12.2. The number of aromatic nitrogens is 4. The van der Waals surface area contributed by atoms with E-state index in [1.807, 2.05) is 24.3 Å². The molecule has 0 amide bonds. The highest BCUT2D eigenvalue weighted by molar-refractivity contribution is 7.91. The summed E-state index contributed by atoms with van der Waals surface area (Å²) < 4.78 is 25.8. The van der Waals surface area contributed by atoms with Gasteiger partial charge in [-0.2, -0.15) is 5.10 Å². The van der Waals surface area contributed by atoms with Crippen LogP contribution in [0.2, 0.25) is 0 Å². The van der Waals surface area contributed by atoms with Crippen molar-refractivity contribution in [2.24, 2.45) is 0 Å². The molecule has 32 heavy (non-hydrogen) atoms. The van der Waals surface area contributed by atoms with Crippen LogP contribution in [0.4, 0.5) is 5.82 Å². The van der Waals surface area contributed by atoms with Crippen molar-refractivity contribution in [3.8, 4) is 22.4 Å². The zero-order valence-corrected chi connectivity index (χ0v) is 18.7. The molecule has 4 aromatic rings. The Morgan fingerprint density at radius 1 is 1.16 bits per heavy atom. The number of anilines is 1. The van der Waals surface area contributed by atoms with E-state index in [1.54, 1.807) is 30.7 Å². The second-order valence-electron chi connectivity index (χ2n) is 8.03. The van der Waals surface area contributed by atoms with Crippen LogP contribution in [0.15, 0.2) is 59.9 Å². The van der Waals surface area contributed by atoms with E-state index in [4.69, 9.17) is 14.5 Å². The lowest BCUT2D eigenvalue weighted by Crippen LogP contribution is -2.44. The van der Waals surface area contributed by atoms with Crippen LogP contribution in [0.3, 0.4) is 0 Å². The number of aromatic amines is 1. The molecule has 164 valence electrons. The Kier molecular flexibility index (Phi) is 5.15. The van der Waals surface area contributed by atoms with E-state index >= 15 is 0 Å². The van der Waals surface area contributed by atoms with Gasteiger partial charge in [-0.1, -0.05) is 12.1 Å². The molecule has 1 aliphatic rings. The van der Waals surface area contributed by atoms with Crippen molar-refractivity contribution < 1.29 is 8.95 Å². The van der Waals surface area contributed by atoms with Crippen LogP contribution in [0, 0.1) is 4.78 Å². The second-order valence-corrected chi connectivity index (χ2v) is 10.2. The molecule has 2 atom stereocenters. The Morgan fingerprint density at radius 3 is 2.66 bits per heavy atom. The molecule has 4 heterocycles. The van der Waals surface area contributed by atoms with Gasteiger partial charge in [0.25, 0.3) is 0 Å². The SMILES string of the molecule is C[C@@H]1COCCN1c1nc2cnccc2c(-c2ccc(S(C)(=N)=O)cc2)c1-c1ccn[nH]1. The van der Waals surface area contributed by atoms with E-state index in [0.717, 1.165) is 45.6 Å². The van der Waals surface area contributed by atoms with Crippen LogP contribution in [0.25, 0.3) is 33.3 Å². The first kappa shape index (κ1) is 20.6. The van der Waals surface area contributed by atoms with Gasteiger partial charge in [-0.25, -0.2) is 14.0 Å². The van der Waals surface area contributed by atoms with Gasteiger partial charge in [0.15, 0.2) is 0 Å². The molecule has 1 saturated heterocycles. The number of pyridine rings is 2. The molecule has 1 aromatic carbocycles. The van der Waals surface area contributed by atoms with Gasteiger partial charge in [0.2, 0.25) is 0 Å². The fourth-order valence-electron chi connectivity index (χ4n) is 4.18. The maximum atomic E-state index is 12.2. The van der Waals surface area contributed by atoms with Crippen LogP contribution >= 0.6 is 0 Å². The monoisotopic (exact) mass is 448 g/mol. The predicted molar refractivity (Wildman–Crippen MR) is 125 cm³/mol. The van der Waals surface area contributed by atoms with Gasteiger partial charge >= 0.3 is 0 Å². The molecule has 1 unspecified atom stereocenters. The number of benzene rings is 1. The predicted octanol–water partition coefficient (Wildman–Crippen LogP) is 3.95. The maximum Gasteiger partial charge on any atom is 0.139 e. The van der Waals surface area contributed by atoms with Gasteiger partial charge in [-0.05, 0) is 36.8 Å². The lowest BCUT2D eigenvalue weighted by Gasteiger charge is -2.36. The highest BCUT2D eigenvalue weighted by Crippen LogP contribution is 2.43. The molecule has 0 spiro atoms. The van der Waals surface area contributed by atoms with Gasteiger partial charge < -0.3 is 9.64 Å². The number of hydrogen-bond acceptors (Lipinski definition) is 7. The zero-order chi connectivity index (χ0) is 22.3. The molecular formula is C23H24N6O2S. The summed E-state index contributed by atoms with van der Waals surface area (Å²) in [6.07, 6.45) is 6.71. The van der Waals surface area contributed by atoms with Crippen LogP contribution in [0.5, 0.6) is 0 Å². The Hall–Kier alpha value is -3.30. The van der Waals surface area contributed by atoms with Crippen LogP contribution in [-0.2, 0) is 14.5 Å². The number of rotatable bonds is 4. The number of nitrogens with zero attached hydrogens (tertiary/aromatic N) is 4. The van der Waals surface area contributed by atoms with E-state index in [0.29, 0.717) is 18.1 Å². The first-order valence-corrected chi connectivity index (χ1v) is 12.4. The molecule has 0 radical (unpaired) electrons. The Labute approximate surface area is 186 Å². The molecule has 2 N–H and O–H groups in total. The van der Waals surface area contributed by atoms with E-state index < -0.39 is 9.73 Å². The molecule has 1 fully saturated rings. The second kappa shape index (κ2) is 7.99. The molecule has 3 aromatic heterocycles. The number of H-pyrrole nitrogens is 1. The van der Waals surface area contributed by atoms with Crippen molar-refractivity contribution in [2.75, 3.05) is 30.9 Å². The van der Waals surface area contributed by atoms with Crippen molar-refractivity contribution in [3.05, 3.63) is 55.0 Å². The van der Waals surface area contributed by atoms with E-state index in [-0.39, 0.29) is 6.04 Å². The third kappa shape index (κ3) is 3.63. The smallest absolute Gasteiger partial charge is 0.139 e. The summed E-state index contributed by atoms with van der Waals surface area (Å²) in [6, 6.07) is 11.5. The Balaban J connectivity index is 1.83. The standard InChI is InChI=1S/C23H24N6O2S/c1-15-14-31-12-11-29(15)23-22(19-8-10-26-28-19)21(18-7-9-25-13-20(18)27-23)16-3-5-17(6-4-16)32(2,24)30/h3-10,13,15,24H,11-12,14H2,1-2H3,(H,26,28)/t15-,32?/m1/s1. The fraction of sp³-hybridized carbons (Fsp3) is 0.261. The number of ether oxygens (including phenoxy) is 1. The third-order valence-electron chi connectivity index (χ3n) is 5.77. The van der Waals surface area contributed by atoms with Gasteiger partial charge in [0, 0.05) is 41.0 Å². The van der Waals surface area contributed by atoms with Crippen LogP contribution in [-0.4, -0.2) is 56.4 Å². The van der Waals surface area contributed by atoms with Gasteiger partial charge in [0.05, 0.1) is 52.0 Å². The van der Waals surface area contributed by atoms with Gasteiger partial charge in [-0.15, -0.1) is 0 Å². The lowest BCUT2D eigenvalue weighted by molar-refractivity contribution is 0.0986. The molecule has 0 aliphatic carbocycles. The van der Waals surface area contributed by atoms with E-state index in [1.165, 1.54) is 6.26 Å². The number of nitrogens with one attached hydrogen (secondary N) is 2. The van der Waals surface area contributed by atoms with Gasteiger partial charge in [-0.3, -0.25) is 10.1 Å². The normalized spacial score (nSPS) is 18.6. The zero-order valence-electron chi connectivity index (χ0n) is 17.9. The van der Waals surface area contributed by atoms with Crippen molar-refractivity contribution in [1.29, 1.82) is 4.78 Å². The molecule has 5 rings (SSSR count). The van der Waals surface area contributed by atoms with Crippen molar-refractivity contribution >= 4 is 26.4 Å². The van der Waals surface area contributed by atoms with Gasteiger partial charge in [0.1, 0.15) is 5.82 Å². The summed E-state index contributed by atoms with van der Waals surface area (Å²) in [6.45, 7) is 4.13. The molecule has 0 saturated carbocycles. The molecule has 0 bridgehead atoms. The topological polar surface area (TPSA) is 108 Å².